The molecule has 5 heteroatoms. The van der Waals surface area contributed by atoms with Crippen LogP contribution in [0.5, 0.6) is 0 Å². The van der Waals surface area contributed by atoms with Crippen LogP contribution in [0.25, 0.3) is 0 Å². The molecule has 20 heavy (non-hydrogen) atoms. The van der Waals surface area contributed by atoms with Gasteiger partial charge in [0.1, 0.15) is 12.7 Å². The summed E-state index contributed by atoms with van der Waals surface area (Å²) in [5.41, 5.74) is 0.986. The second-order valence-corrected chi connectivity index (χ2v) is 5.12. The minimum Gasteiger partial charge on any atom is -0.389 e. The number of hydrogen-bond acceptors (Lipinski definition) is 4. The van der Waals surface area contributed by atoms with E-state index in [4.69, 9.17) is 9.47 Å². The van der Waals surface area contributed by atoms with Crippen LogP contribution in [-0.2, 0) is 14.3 Å². The number of ether oxygens (including phenoxy) is 2. The minimum atomic E-state index is -0.608. The zero-order chi connectivity index (χ0) is 15.0. The number of hydrogen-bond donors (Lipinski definition) is 2. The number of rotatable bonds is 1. The summed E-state index contributed by atoms with van der Waals surface area (Å²) in [6.07, 6.45) is 5.44. The predicted octanol–water partition coefficient (Wildman–Crippen LogP) is 1.04. The minimum absolute atomic E-state index is 0.0510. The summed E-state index contributed by atoms with van der Waals surface area (Å²) in [5.74, 6) is -0.162. The van der Waals surface area contributed by atoms with Crippen molar-refractivity contribution < 1.29 is 19.4 Å². The first-order valence-corrected chi connectivity index (χ1v) is 6.94. The molecular weight excluding hydrogens is 258 g/mol. The molecule has 0 aromatic heterocycles. The van der Waals surface area contributed by atoms with Crippen molar-refractivity contribution in [3.63, 3.8) is 0 Å². The first-order valence-electron chi connectivity index (χ1n) is 6.94. The van der Waals surface area contributed by atoms with Crippen LogP contribution < -0.4 is 5.32 Å². The highest BCUT2D eigenvalue weighted by Gasteiger charge is 2.21. The fourth-order valence-corrected chi connectivity index (χ4v) is 2.11. The average Bonchev–Trinajstić information content (AvgIpc) is 2.41. The molecule has 114 valence electrons. The molecule has 0 saturated carbocycles. The lowest BCUT2D eigenvalue weighted by molar-refractivity contribution is -0.125. The van der Waals surface area contributed by atoms with Gasteiger partial charge in [-0.3, -0.25) is 4.79 Å². The Hall–Kier alpha value is -1.17. The van der Waals surface area contributed by atoms with E-state index >= 15 is 0 Å². The molecule has 2 N–H and O–H groups in total. The third-order valence-electron chi connectivity index (χ3n) is 3.22. The topological polar surface area (TPSA) is 67.8 Å². The fourth-order valence-electron chi connectivity index (χ4n) is 2.11. The number of aliphatic hydroxyl groups excluding tert-OH is 1. The Balaban J connectivity index is 2.77. The first-order chi connectivity index (χ1) is 9.54. The average molecular weight is 283 g/mol. The highest BCUT2D eigenvalue weighted by atomic mass is 16.5. The largest absolute Gasteiger partial charge is 0.389 e. The molecule has 3 atom stereocenters. The standard InChI is InChI=1S/C15H25NO4/c1-11-8-12(2)15(18)13(19-3)6-4-5-7-16-14(17)10-20-9-11/h4,6,8,12-13,15,18H,5,7,9-10H2,1-3H3,(H,16,17)/b6-4+,11-8-/t12?,13-,15-/m0/s1. The summed E-state index contributed by atoms with van der Waals surface area (Å²) >= 11 is 0. The van der Waals surface area contributed by atoms with Crippen LogP contribution in [0.15, 0.2) is 23.8 Å². The molecule has 0 bridgehead atoms. The summed E-state index contributed by atoms with van der Waals surface area (Å²) in [6.45, 7) is 4.86. The van der Waals surface area contributed by atoms with Crippen LogP contribution in [0.2, 0.25) is 0 Å². The molecule has 0 spiro atoms. The summed E-state index contributed by atoms with van der Waals surface area (Å²) in [5, 5.41) is 13.0. The van der Waals surface area contributed by atoms with E-state index in [1.807, 2.05) is 32.1 Å². The second-order valence-electron chi connectivity index (χ2n) is 5.12. The lowest BCUT2D eigenvalue weighted by atomic mass is 9.97. The van der Waals surface area contributed by atoms with E-state index in [0.29, 0.717) is 19.6 Å². The van der Waals surface area contributed by atoms with Crippen molar-refractivity contribution in [2.24, 2.45) is 5.92 Å². The van der Waals surface area contributed by atoms with Gasteiger partial charge in [0, 0.05) is 19.6 Å². The molecule has 5 nitrogen and oxygen atoms in total. The molecule has 0 aromatic rings. The zero-order valence-corrected chi connectivity index (χ0v) is 12.5. The van der Waals surface area contributed by atoms with Gasteiger partial charge in [-0.25, -0.2) is 0 Å². The Kier molecular flexibility index (Phi) is 7.51. The number of methoxy groups -OCH3 is 1. The molecule has 0 saturated heterocycles. The van der Waals surface area contributed by atoms with E-state index in [1.165, 1.54) is 0 Å². The fraction of sp³-hybridized carbons (Fsp3) is 0.667. The third kappa shape index (κ3) is 5.86. The van der Waals surface area contributed by atoms with Crippen molar-refractivity contribution in [1.29, 1.82) is 0 Å². The highest BCUT2D eigenvalue weighted by Crippen LogP contribution is 2.15. The van der Waals surface area contributed by atoms with Crippen molar-refractivity contribution >= 4 is 5.91 Å². The Morgan fingerprint density at radius 2 is 2.20 bits per heavy atom. The van der Waals surface area contributed by atoms with E-state index < -0.39 is 6.10 Å². The van der Waals surface area contributed by atoms with E-state index in [0.717, 1.165) is 5.57 Å². The first kappa shape index (κ1) is 16.9. The van der Waals surface area contributed by atoms with Crippen LogP contribution >= 0.6 is 0 Å². The maximum atomic E-state index is 11.5. The molecular formula is C15H25NO4. The molecule has 1 unspecified atom stereocenters. The molecule has 1 aliphatic heterocycles. The van der Waals surface area contributed by atoms with Gasteiger partial charge in [0.05, 0.1) is 12.7 Å². The lowest BCUT2D eigenvalue weighted by Crippen LogP contribution is -2.32. The van der Waals surface area contributed by atoms with E-state index in [1.54, 1.807) is 7.11 Å². The van der Waals surface area contributed by atoms with Gasteiger partial charge >= 0.3 is 0 Å². The Labute approximate surface area is 120 Å². The molecule has 1 rings (SSSR count). The van der Waals surface area contributed by atoms with Gasteiger partial charge < -0.3 is 19.9 Å². The molecule has 1 heterocycles. The Morgan fingerprint density at radius 1 is 1.45 bits per heavy atom. The maximum absolute atomic E-state index is 11.5. The van der Waals surface area contributed by atoms with E-state index in [2.05, 4.69) is 5.32 Å². The molecule has 1 amide bonds. The Morgan fingerprint density at radius 3 is 2.90 bits per heavy atom. The van der Waals surface area contributed by atoms with Crippen molar-refractivity contribution in [1.82, 2.24) is 5.32 Å². The maximum Gasteiger partial charge on any atom is 0.246 e. The van der Waals surface area contributed by atoms with E-state index in [9.17, 15) is 9.90 Å². The van der Waals surface area contributed by atoms with Crippen molar-refractivity contribution in [3.8, 4) is 0 Å². The molecule has 0 fully saturated rings. The third-order valence-corrected chi connectivity index (χ3v) is 3.22. The summed E-state index contributed by atoms with van der Waals surface area (Å²) < 4.78 is 10.6. The highest BCUT2D eigenvalue weighted by molar-refractivity contribution is 5.77. The van der Waals surface area contributed by atoms with Gasteiger partial charge in [-0.1, -0.05) is 30.7 Å². The van der Waals surface area contributed by atoms with Crippen LogP contribution in [0.4, 0.5) is 0 Å². The second kappa shape index (κ2) is 8.89. The lowest BCUT2D eigenvalue weighted by Gasteiger charge is -2.23. The molecule has 1 aliphatic rings. The van der Waals surface area contributed by atoms with Gasteiger partial charge in [-0.2, -0.15) is 0 Å². The number of aliphatic hydroxyl groups is 1. The monoisotopic (exact) mass is 283 g/mol. The van der Waals surface area contributed by atoms with Crippen molar-refractivity contribution in [3.05, 3.63) is 23.8 Å². The van der Waals surface area contributed by atoms with Crippen molar-refractivity contribution in [2.45, 2.75) is 32.5 Å². The quantitative estimate of drug-likeness (QED) is 0.706. The smallest absolute Gasteiger partial charge is 0.246 e. The van der Waals surface area contributed by atoms with Gasteiger partial charge in [-0.15, -0.1) is 0 Å². The zero-order valence-electron chi connectivity index (χ0n) is 12.5. The molecule has 0 aliphatic carbocycles. The van der Waals surface area contributed by atoms with Crippen LogP contribution in [0.3, 0.4) is 0 Å². The summed E-state index contributed by atoms with van der Waals surface area (Å²) in [6, 6.07) is 0. The van der Waals surface area contributed by atoms with Gasteiger partial charge in [0.2, 0.25) is 5.91 Å². The molecule has 0 aromatic carbocycles. The Bertz CT molecular complexity index is 365. The van der Waals surface area contributed by atoms with E-state index in [-0.39, 0.29) is 24.5 Å². The summed E-state index contributed by atoms with van der Waals surface area (Å²) in [4.78, 5) is 11.5. The SMILES string of the molecule is CO[C@H]1/C=C/CCNC(=O)COC/C(C)=C\C(C)[C@@H]1O. The number of amides is 1. The van der Waals surface area contributed by atoms with Crippen LogP contribution in [0.1, 0.15) is 20.3 Å². The van der Waals surface area contributed by atoms with Crippen LogP contribution in [0, 0.1) is 5.92 Å². The van der Waals surface area contributed by atoms with Crippen molar-refractivity contribution in [2.75, 3.05) is 26.9 Å². The predicted molar refractivity (Wildman–Crippen MR) is 77.3 cm³/mol. The van der Waals surface area contributed by atoms with Gasteiger partial charge in [0.25, 0.3) is 0 Å². The number of carbonyl (C=O) groups excluding carboxylic acids is 1. The number of nitrogens with one attached hydrogen (secondary N) is 1. The molecule has 0 radical (unpaired) electrons. The normalized spacial score (nSPS) is 34.5. The van der Waals surface area contributed by atoms with Crippen LogP contribution in [-0.4, -0.2) is 50.1 Å². The number of carbonyl (C=O) groups is 1. The summed E-state index contributed by atoms with van der Waals surface area (Å²) in [7, 11) is 1.58. The van der Waals surface area contributed by atoms with Gasteiger partial charge in [0.15, 0.2) is 0 Å². The van der Waals surface area contributed by atoms with Gasteiger partial charge in [-0.05, 0) is 13.3 Å².